The number of rotatable bonds is 9. The van der Waals surface area contributed by atoms with E-state index < -0.39 is 0 Å². The normalized spacial score (nSPS) is 14.4. The van der Waals surface area contributed by atoms with E-state index in [0.717, 1.165) is 37.2 Å². The van der Waals surface area contributed by atoms with Crippen molar-refractivity contribution in [3.05, 3.63) is 59.7 Å². The number of unbranched alkanes of at least 4 members (excludes halogenated alkanes) is 1. The molecule has 0 bridgehead atoms. The van der Waals surface area contributed by atoms with Crippen LogP contribution in [0.3, 0.4) is 0 Å². The summed E-state index contributed by atoms with van der Waals surface area (Å²) < 4.78 is 10.9. The first-order chi connectivity index (χ1) is 14.6. The van der Waals surface area contributed by atoms with E-state index in [0.29, 0.717) is 31.7 Å². The second kappa shape index (κ2) is 10.8. The molecular formula is C25H31NO4. The van der Waals surface area contributed by atoms with Gasteiger partial charge in [-0.05, 0) is 74.6 Å². The highest BCUT2D eigenvalue weighted by Crippen LogP contribution is 2.24. The Kier molecular flexibility index (Phi) is 7.89. The van der Waals surface area contributed by atoms with Crippen LogP contribution in [0.4, 0.5) is 0 Å². The van der Waals surface area contributed by atoms with Gasteiger partial charge in [0.1, 0.15) is 11.5 Å². The SMILES string of the molecule is COc1ccc(C(=O)C2CCN(C(=O)CCCCOc3cccc(C)c3)CC2)cc1. The molecule has 5 nitrogen and oxygen atoms in total. The fourth-order valence-electron chi connectivity index (χ4n) is 3.81. The highest BCUT2D eigenvalue weighted by Gasteiger charge is 2.27. The average molecular weight is 410 g/mol. The van der Waals surface area contributed by atoms with Gasteiger partial charge >= 0.3 is 0 Å². The number of methoxy groups -OCH3 is 1. The van der Waals surface area contributed by atoms with Crippen molar-refractivity contribution in [2.45, 2.75) is 39.0 Å². The second-order valence-electron chi connectivity index (χ2n) is 7.87. The Morgan fingerprint density at radius 2 is 1.73 bits per heavy atom. The highest BCUT2D eigenvalue weighted by atomic mass is 16.5. The van der Waals surface area contributed by atoms with Gasteiger partial charge in [-0.1, -0.05) is 12.1 Å². The lowest BCUT2D eigenvalue weighted by molar-refractivity contribution is -0.132. The van der Waals surface area contributed by atoms with Gasteiger partial charge in [0, 0.05) is 31.0 Å². The van der Waals surface area contributed by atoms with E-state index in [1.54, 1.807) is 7.11 Å². The summed E-state index contributed by atoms with van der Waals surface area (Å²) in [6.45, 7) is 3.98. The van der Waals surface area contributed by atoms with Gasteiger partial charge in [0.2, 0.25) is 5.91 Å². The van der Waals surface area contributed by atoms with E-state index in [4.69, 9.17) is 9.47 Å². The van der Waals surface area contributed by atoms with Crippen molar-refractivity contribution in [2.24, 2.45) is 5.92 Å². The number of carbonyl (C=O) groups excluding carboxylic acids is 2. The summed E-state index contributed by atoms with van der Waals surface area (Å²) in [5.74, 6) is 1.96. The number of aryl methyl sites for hydroxylation is 1. The lowest BCUT2D eigenvalue weighted by Gasteiger charge is -2.31. The maximum Gasteiger partial charge on any atom is 0.222 e. The first-order valence-electron chi connectivity index (χ1n) is 10.7. The van der Waals surface area contributed by atoms with Crippen molar-refractivity contribution in [1.29, 1.82) is 0 Å². The number of likely N-dealkylation sites (tertiary alicyclic amines) is 1. The molecule has 0 atom stereocenters. The van der Waals surface area contributed by atoms with Crippen LogP contribution in [-0.2, 0) is 4.79 Å². The molecule has 0 radical (unpaired) electrons. The van der Waals surface area contributed by atoms with Gasteiger partial charge in [-0.2, -0.15) is 0 Å². The van der Waals surface area contributed by atoms with Crippen LogP contribution >= 0.6 is 0 Å². The number of hydrogen-bond acceptors (Lipinski definition) is 4. The van der Waals surface area contributed by atoms with Crippen molar-refractivity contribution >= 4 is 11.7 Å². The predicted molar refractivity (Wildman–Crippen MR) is 117 cm³/mol. The van der Waals surface area contributed by atoms with Gasteiger partial charge in [0.05, 0.1) is 13.7 Å². The molecule has 0 N–H and O–H groups in total. The number of hydrogen-bond donors (Lipinski definition) is 0. The molecule has 1 aliphatic rings. The second-order valence-corrected chi connectivity index (χ2v) is 7.87. The topological polar surface area (TPSA) is 55.8 Å². The Labute approximate surface area is 179 Å². The van der Waals surface area contributed by atoms with Crippen molar-refractivity contribution < 1.29 is 19.1 Å². The monoisotopic (exact) mass is 409 g/mol. The standard InChI is InChI=1S/C25H31NO4/c1-19-6-5-7-23(18-19)30-17-4-3-8-24(27)26-15-13-21(14-16-26)25(28)20-9-11-22(29-2)12-10-20/h5-7,9-12,18,21H,3-4,8,13-17H2,1-2H3. The smallest absolute Gasteiger partial charge is 0.222 e. The molecule has 0 unspecified atom stereocenters. The molecule has 2 aromatic rings. The average Bonchev–Trinajstić information content (AvgIpc) is 2.78. The molecule has 0 spiro atoms. The van der Waals surface area contributed by atoms with E-state index in [-0.39, 0.29) is 17.6 Å². The van der Waals surface area contributed by atoms with E-state index >= 15 is 0 Å². The third-order valence-electron chi connectivity index (χ3n) is 5.64. The molecule has 0 aliphatic carbocycles. The van der Waals surface area contributed by atoms with E-state index in [1.807, 2.05) is 60.4 Å². The molecule has 0 saturated carbocycles. The summed E-state index contributed by atoms with van der Waals surface area (Å²) in [6.07, 6.45) is 3.66. The molecule has 160 valence electrons. The van der Waals surface area contributed by atoms with Gasteiger partial charge in [-0.15, -0.1) is 0 Å². The number of amides is 1. The Morgan fingerprint density at radius 1 is 1.00 bits per heavy atom. The van der Waals surface area contributed by atoms with Crippen LogP contribution in [0.2, 0.25) is 0 Å². The van der Waals surface area contributed by atoms with Crippen LogP contribution in [0.15, 0.2) is 48.5 Å². The number of nitrogens with zero attached hydrogens (tertiary/aromatic N) is 1. The zero-order chi connectivity index (χ0) is 21.3. The fourth-order valence-corrected chi connectivity index (χ4v) is 3.81. The molecule has 3 rings (SSSR count). The van der Waals surface area contributed by atoms with Crippen molar-refractivity contribution in [3.63, 3.8) is 0 Å². The lowest BCUT2D eigenvalue weighted by Crippen LogP contribution is -2.40. The third-order valence-corrected chi connectivity index (χ3v) is 5.64. The minimum absolute atomic E-state index is 0.00910. The van der Waals surface area contributed by atoms with Gasteiger partial charge in [0.15, 0.2) is 5.78 Å². The number of Topliss-reactive ketones (excluding diaryl/α,β-unsaturated/α-hetero) is 1. The summed E-state index contributed by atoms with van der Waals surface area (Å²) in [6, 6.07) is 15.3. The summed E-state index contributed by atoms with van der Waals surface area (Å²) in [5, 5.41) is 0. The van der Waals surface area contributed by atoms with Crippen LogP contribution in [0.25, 0.3) is 0 Å². The van der Waals surface area contributed by atoms with Crippen LogP contribution in [0.1, 0.15) is 48.0 Å². The van der Waals surface area contributed by atoms with E-state index in [2.05, 4.69) is 0 Å². The summed E-state index contributed by atoms with van der Waals surface area (Å²) in [4.78, 5) is 27.1. The van der Waals surface area contributed by atoms with Gasteiger partial charge in [-0.25, -0.2) is 0 Å². The molecule has 1 aliphatic heterocycles. The highest BCUT2D eigenvalue weighted by molar-refractivity contribution is 5.98. The summed E-state index contributed by atoms with van der Waals surface area (Å²) in [5.41, 5.74) is 1.89. The maximum atomic E-state index is 12.7. The molecular weight excluding hydrogens is 378 g/mol. The van der Waals surface area contributed by atoms with E-state index in [9.17, 15) is 9.59 Å². The zero-order valence-corrected chi connectivity index (χ0v) is 17.9. The molecule has 0 aromatic heterocycles. The minimum Gasteiger partial charge on any atom is -0.497 e. The Hall–Kier alpha value is -2.82. The minimum atomic E-state index is -0.00910. The predicted octanol–water partition coefficient (Wildman–Crippen LogP) is 4.67. The van der Waals surface area contributed by atoms with Crippen molar-refractivity contribution in [1.82, 2.24) is 4.90 Å². The van der Waals surface area contributed by atoms with Gasteiger partial charge < -0.3 is 14.4 Å². The Balaban J connectivity index is 1.35. The third kappa shape index (κ3) is 6.09. The molecule has 1 fully saturated rings. The quantitative estimate of drug-likeness (QED) is 0.446. The van der Waals surface area contributed by atoms with Crippen molar-refractivity contribution in [3.8, 4) is 11.5 Å². The molecule has 1 saturated heterocycles. The maximum absolute atomic E-state index is 12.7. The van der Waals surface area contributed by atoms with Gasteiger partial charge in [0.25, 0.3) is 0 Å². The summed E-state index contributed by atoms with van der Waals surface area (Å²) in [7, 11) is 1.61. The molecule has 5 heteroatoms. The molecule has 1 amide bonds. The van der Waals surface area contributed by atoms with Crippen LogP contribution in [0, 0.1) is 12.8 Å². The van der Waals surface area contributed by atoms with Crippen molar-refractivity contribution in [2.75, 3.05) is 26.8 Å². The largest absolute Gasteiger partial charge is 0.497 e. The van der Waals surface area contributed by atoms with Crippen LogP contribution in [0.5, 0.6) is 11.5 Å². The number of benzene rings is 2. The Bertz CT molecular complexity index is 838. The van der Waals surface area contributed by atoms with Crippen LogP contribution < -0.4 is 9.47 Å². The first-order valence-corrected chi connectivity index (χ1v) is 10.7. The number of piperidine rings is 1. The number of carbonyl (C=O) groups is 2. The van der Waals surface area contributed by atoms with Gasteiger partial charge in [-0.3, -0.25) is 9.59 Å². The zero-order valence-electron chi connectivity index (χ0n) is 17.9. The lowest BCUT2D eigenvalue weighted by atomic mass is 9.88. The molecule has 30 heavy (non-hydrogen) atoms. The number of ether oxygens (including phenoxy) is 2. The van der Waals surface area contributed by atoms with E-state index in [1.165, 1.54) is 5.56 Å². The molecule has 2 aromatic carbocycles. The Morgan fingerprint density at radius 3 is 2.40 bits per heavy atom. The summed E-state index contributed by atoms with van der Waals surface area (Å²) >= 11 is 0. The molecule has 1 heterocycles. The fraction of sp³-hybridized carbons (Fsp3) is 0.440. The first kappa shape index (κ1) is 21.9. The number of ketones is 1. The van der Waals surface area contributed by atoms with Crippen LogP contribution in [-0.4, -0.2) is 43.4 Å².